The highest BCUT2D eigenvalue weighted by atomic mass is 16.5. The van der Waals surface area contributed by atoms with Crippen LogP contribution in [0.15, 0.2) is 60.7 Å². The minimum Gasteiger partial charge on any atom is -0.478 e. The average Bonchev–Trinajstić information content (AvgIpc) is 3.08. The number of carbonyl (C=O) groups is 1. The van der Waals surface area contributed by atoms with E-state index in [1.165, 1.54) is 12.8 Å². The van der Waals surface area contributed by atoms with E-state index < -0.39 is 5.60 Å². The van der Waals surface area contributed by atoms with Gasteiger partial charge in [-0.05, 0) is 45.0 Å². The zero-order valence-electron chi connectivity index (χ0n) is 13.6. The molecule has 0 aromatic heterocycles. The van der Waals surface area contributed by atoms with E-state index >= 15 is 0 Å². The van der Waals surface area contributed by atoms with Crippen molar-refractivity contribution in [2.75, 3.05) is 19.6 Å². The molecule has 1 atom stereocenters. The summed E-state index contributed by atoms with van der Waals surface area (Å²) in [7, 11) is 0. The molecule has 0 N–H and O–H groups in total. The number of benzene rings is 2. The minimum absolute atomic E-state index is 0.0360. The molecule has 0 radical (unpaired) electrons. The fourth-order valence-corrected chi connectivity index (χ4v) is 3.16. The number of hydrogen-bond donors (Lipinski definition) is 0. The normalized spacial score (nSPS) is 17.6. The van der Waals surface area contributed by atoms with Gasteiger partial charge in [0.2, 0.25) is 5.78 Å². The van der Waals surface area contributed by atoms with Crippen LogP contribution in [0.25, 0.3) is 0 Å². The number of Topliss-reactive ketones (excluding diaryl/α,β-unsaturated/α-hetero) is 1. The van der Waals surface area contributed by atoms with Crippen LogP contribution < -0.4 is 4.74 Å². The number of ether oxygens (including phenoxy) is 1. The summed E-state index contributed by atoms with van der Waals surface area (Å²) in [6.45, 7) is 4.61. The molecule has 23 heavy (non-hydrogen) atoms. The molecule has 3 nitrogen and oxygen atoms in total. The fraction of sp³-hybridized carbons (Fsp3) is 0.350. The van der Waals surface area contributed by atoms with Crippen molar-refractivity contribution in [1.82, 2.24) is 4.90 Å². The highest BCUT2D eigenvalue weighted by molar-refractivity contribution is 6.02. The van der Waals surface area contributed by atoms with E-state index in [0.717, 1.165) is 18.8 Å². The quantitative estimate of drug-likeness (QED) is 0.760. The van der Waals surface area contributed by atoms with Gasteiger partial charge in [-0.3, -0.25) is 9.69 Å². The number of hydrogen-bond acceptors (Lipinski definition) is 3. The van der Waals surface area contributed by atoms with Crippen LogP contribution in [0.3, 0.4) is 0 Å². The Morgan fingerprint density at radius 1 is 1.00 bits per heavy atom. The molecule has 0 bridgehead atoms. The molecule has 3 heteroatoms. The smallest absolute Gasteiger partial charge is 0.207 e. The second kappa shape index (κ2) is 6.97. The van der Waals surface area contributed by atoms with Crippen LogP contribution in [-0.4, -0.2) is 35.9 Å². The Kier molecular flexibility index (Phi) is 4.77. The van der Waals surface area contributed by atoms with Crippen LogP contribution in [0.2, 0.25) is 0 Å². The molecular formula is C20H23NO2. The van der Waals surface area contributed by atoms with Crippen molar-refractivity contribution in [1.29, 1.82) is 0 Å². The van der Waals surface area contributed by atoms with Crippen molar-refractivity contribution < 1.29 is 9.53 Å². The van der Waals surface area contributed by atoms with Crippen molar-refractivity contribution in [3.63, 3.8) is 0 Å². The molecule has 2 aromatic rings. The van der Waals surface area contributed by atoms with Gasteiger partial charge in [0.25, 0.3) is 0 Å². The SMILES string of the molecule is C[C@@](CN1CCCC1)(Oc1ccccc1)C(=O)c1ccccc1. The third kappa shape index (κ3) is 3.80. The highest BCUT2D eigenvalue weighted by Gasteiger charge is 2.38. The molecule has 0 unspecified atom stereocenters. The largest absolute Gasteiger partial charge is 0.478 e. The van der Waals surface area contributed by atoms with Crippen LogP contribution in [0.1, 0.15) is 30.1 Å². The Morgan fingerprint density at radius 2 is 1.57 bits per heavy atom. The standard InChI is InChI=1S/C20H23NO2/c1-20(16-21-14-8-9-15-21,23-18-12-6-3-7-13-18)19(22)17-10-4-2-5-11-17/h2-7,10-13H,8-9,14-16H2,1H3/t20-/m0/s1. The lowest BCUT2D eigenvalue weighted by Gasteiger charge is -2.33. The molecule has 0 aliphatic carbocycles. The zero-order chi connectivity index (χ0) is 16.1. The fourth-order valence-electron chi connectivity index (χ4n) is 3.16. The van der Waals surface area contributed by atoms with Crippen LogP contribution in [-0.2, 0) is 0 Å². The van der Waals surface area contributed by atoms with Crippen molar-refractivity contribution >= 4 is 5.78 Å². The van der Waals surface area contributed by atoms with Gasteiger partial charge in [-0.1, -0.05) is 48.5 Å². The topological polar surface area (TPSA) is 29.5 Å². The first-order valence-electron chi connectivity index (χ1n) is 8.24. The summed E-state index contributed by atoms with van der Waals surface area (Å²) in [5.41, 5.74) is -0.183. The molecule has 3 rings (SSSR count). The van der Waals surface area contributed by atoms with Gasteiger partial charge in [-0.15, -0.1) is 0 Å². The van der Waals surface area contributed by atoms with Crippen molar-refractivity contribution in [2.24, 2.45) is 0 Å². The number of nitrogens with zero attached hydrogens (tertiary/aromatic N) is 1. The van der Waals surface area contributed by atoms with Gasteiger partial charge in [0, 0.05) is 12.1 Å². The molecule has 120 valence electrons. The molecule has 1 aliphatic heterocycles. The first kappa shape index (κ1) is 15.8. The third-order valence-electron chi connectivity index (χ3n) is 4.33. The monoisotopic (exact) mass is 309 g/mol. The lowest BCUT2D eigenvalue weighted by atomic mass is 9.93. The maximum atomic E-state index is 13.1. The van der Waals surface area contributed by atoms with Gasteiger partial charge < -0.3 is 4.74 Å². The predicted octanol–water partition coefficient (Wildman–Crippen LogP) is 3.80. The molecular weight excluding hydrogens is 286 g/mol. The molecule has 1 fully saturated rings. The van der Waals surface area contributed by atoms with Crippen LogP contribution in [0, 0.1) is 0 Å². The highest BCUT2D eigenvalue weighted by Crippen LogP contribution is 2.25. The zero-order valence-corrected chi connectivity index (χ0v) is 13.6. The molecule has 1 aliphatic rings. The minimum atomic E-state index is -0.882. The second-order valence-electron chi connectivity index (χ2n) is 6.32. The number of carbonyl (C=O) groups excluding carboxylic acids is 1. The van der Waals surface area contributed by atoms with Gasteiger partial charge >= 0.3 is 0 Å². The number of likely N-dealkylation sites (tertiary alicyclic amines) is 1. The Morgan fingerprint density at radius 3 is 2.17 bits per heavy atom. The summed E-state index contributed by atoms with van der Waals surface area (Å²) in [6, 6.07) is 19.0. The van der Waals surface area contributed by atoms with E-state index in [1.54, 1.807) is 0 Å². The summed E-state index contributed by atoms with van der Waals surface area (Å²) in [6.07, 6.45) is 2.39. The molecule has 0 spiro atoms. The predicted molar refractivity (Wildman–Crippen MR) is 91.9 cm³/mol. The molecule has 0 saturated carbocycles. The average molecular weight is 309 g/mol. The third-order valence-corrected chi connectivity index (χ3v) is 4.33. The van der Waals surface area contributed by atoms with E-state index in [9.17, 15) is 4.79 Å². The number of para-hydroxylation sites is 1. The van der Waals surface area contributed by atoms with E-state index in [1.807, 2.05) is 67.6 Å². The molecule has 1 saturated heterocycles. The number of rotatable bonds is 6. The van der Waals surface area contributed by atoms with Gasteiger partial charge in [0.05, 0.1) is 0 Å². The lowest BCUT2D eigenvalue weighted by molar-refractivity contribution is 0.0377. The first-order chi connectivity index (χ1) is 11.2. The van der Waals surface area contributed by atoms with Crippen molar-refractivity contribution in [3.05, 3.63) is 66.2 Å². The summed E-state index contributed by atoms with van der Waals surface area (Å²) in [5.74, 6) is 0.771. The van der Waals surface area contributed by atoms with Crippen LogP contribution in [0.4, 0.5) is 0 Å². The molecule has 2 aromatic carbocycles. The van der Waals surface area contributed by atoms with Gasteiger partial charge in [0.1, 0.15) is 5.75 Å². The molecule has 1 heterocycles. The Balaban J connectivity index is 1.87. The maximum Gasteiger partial charge on any atom is 0.207 e. The number of ketones is 1. The molecule has 0 amide bonds. The first-order valence-corrected chi connectivity index (χ1v) is 8.24. The van der Waals surface area contributed by atoms with Crippen molar-refractivity contribution in [2.45, 2.75) is 25.4 Å². The van der Waals surface area contributed by atoms with Crippen LogP contribution >= 0.6 is 0 Å². The summed E-state index contributed by atoms with van der Waals surface area (Å²) in [5, 5.41) is 0. The summed E-state index contributed by atoms with van der Waals surface area (Å²) < 4.78 is 6.19. The van der Waals surface area contributed by atoms with Crippen molar-refractivity contribution in [3.8, 4) is 5.75 Å². The van der Waals surface area contributed by atoms with Gasteiger partial charge in [0.15, 0.2) is 5.60 Å². The van der Waals surface area contributed by atoms with Gasteiger partial charge in [-0.25, -0.2) is 0 Å². The van der Waals surface area contributed by atoms with E-state index in [2.05, 4.69) is 4.90 Å². The lowest BCUT2D eigenvalue weighted by Crippen LogP contribution is -2.50. The van der Waals surface area contributed by atoms with E-state index in [-0.39, 0.29) is 5.78 Å². The second-order valence-corrected chi connectivity index (χ2v) is 6.32. The van der Waals surface area contributed by atoms with Gasteiger partial charge in [-0.2, -0.15) is 0 Å². The van der Waals surface area contributed by atoms with E-state index in [0.29, 0.717) is 12.1 Å². The Hall–Kier alpha value is -2.13. The summed E-state index contributed by atoms with van der Waals surface area (Å²) in [4.78, 5) is 15.4. The van der Waals surface area contributed by atoms with Crippen LogP contribution in [0.5, 0.6) is 5.75 Å². The maximum absolute atomic E-state index is 13.1. The van der Waals surface area contributed by atoms with E-state index in [4.69, 9.17) is 4.74 Å². The Labute approximate surface area is 137 Å². The summed E-state index contributed by atoms with van der Waals surface area (Å²) >= 11 is 0. The Bertz CT molecular complexity index is 635.